The van der Waals surface area contributed by atoms with Crippen molar-refractivity contribution in [3.05, 3.63) is 0 Å². The Bertz CT molecular complexity index is 221. The molecule has 0 aliphatic heterocycles. The Morgan fingerprint density at radius 1 is 1.20 bits per heavy atom. The van der Waals surface area contributed by atoms with Gasteiger partial charge in [0.15, 0.2) is 0 Å². The smallest absolute Gasteiger partial charge is 0.00154 e. The van der Waals surface area contributed by atoms with E-state index in [1.165, 1.54) is 32.2 Å². The van der Waals surface area contributed by atoms with Gasteiger partial charge >= 0.3 is 0 Å². The van der Waals surface area contributed by atoms with E-state index >= 15 is 0 Å². The molecule has 2 fully saturated rings. The first-order valence-electron chi connectivity index (χ1n) is 6.78. The molecule has 1 N–H and O–H groups in total. The summed E-state index contributed by atoms with van der Waals surface area (Å²) in [4.78, 5) is 0. The summed E-state index contributed by atoms with van der Waals surface area (Å²) in [5.74, 6) is 2.93. The SMILES string of the molecule is CC(C)NCC1(C(C)C)CC2CCC1C2. The number of fused-ring (bicyclic) bond motifs is 2. The molecule has 15 heavy (non-hydrogen) atoms. The maximum atomic E-state index is 3.69. The van der Waals surface area contributed by atoms with E-state index in [1.807, 2.05) is 0 Å². The highest BCUT2D eigenvalue weighted by atomic mass is 14.9. The minimum Gasteiger partial charge on any atom is -0.314 e. The van der Waals surface area contributed by atoms with Crippen LogP contribution >= 0.6 is 0 Å². The van der Waals surface area contributed by atoms with Crippen molar-refractivity contribution in [1.82, 2.24) is 5.32 Å². The predicted molar refractivity (Wildman–Crippen MR) is 65.9 cm³/mol. The first-order valence-corrected chi connectivity index (χ1v) is 6.78. The minimum absolute atomic E-state index is 0.632. The van der Waals surface area contributed by atoms with Crippen LogP contribution in [-0.2, 0) is 0 Å². The molecule has 2 bridgehead atoms. The lowest BCUT2D eigenvalue weighted by molar-refractivity contribution is 0.0903. The largest absolute Gasteiger partial charge is 0.314 e. The second-order valence-corrected chi connectivity index (χ2v) is 6.50. The van der Waals surface area contributed by atoms with Gasteiger partial charge in [-0.1, -0.05) is 34.1 Å². The van der Waals surface area contributed by atoms with Crippen LogP contribution in [0.3, 0.4) is 0 Å². The van der Waals surface area contributed by atoms with E-state index in [4.69, 9.17) is 0 Å². The van der Waals surface area contributed by atoms with Gasteiger partial charge in [0, 0.05) is 12.6 Å². The molecule has 0 radical (unpaired) electrons. The minimum atomic E-state index is 0.632. The number of hydrogen-bond donors (Lipinski definition) is 1. The third kappa shape index (κ3) is 1.95. The molecule has 2 aliphatic rings. The van der Waals surface area contributed by atoms with Crippen LogP contribution in [-0.4, -0.2) is 12.6 Å². The molecular weight excluding hydrogens is 182 g/mol. The van der Waals surface area contributed by atoms with E-state index in [0.29, 0.717) is 11.5 Å². The van der Waals surface area contributed by atoms with Crippen LogP contribution in [0.15, 0.2) is 0 Å². The lowest BCUT2D eigenvalue weighted by Gasteiger charge is -2.42. The van der Waals surface area contributed by atoms with Gasteiger partial charge < -0.3 is 5.32 Å². The molecule has 0 aromatic rings. The lowest BCUT2D eigenvalue weighted by Crippen LogP contribution is -2.44. The molecule has 3 unspecified atom stereocenters. The summed E-state index contributed by atoms with van der Waals surface area (Å²) < 4.78 is 0. The molecule has 2 saturated carbocycles. The first kappa shape index (κ1) is 11.4. The van der Waals surface area contributed by atoms with Crippen molar-refractivity contribution in [2.24, 2.45) is 23.2 Å². The van der Waals surface area contributed by atoms with E-state index in [9.17, 15) is 0 Å². The van der Waals surface area contributed by atoms with Gasteiger partial charge in [-0.25, -0.2) is 0 Å². The van der Waals surface area contributed by atoms with Crippen molar-refractivity contribution in [2.75, 3.05) is 6.54 Å². The standard InChI is InChI=1S/C14H27N/c1-10(2)14(9-15-11(3)4)8-12-5-6-13(14)7-12/h10-13,15H,5-9H2,1-4H3. The predicted octanol–water partition coefficient (Wildman–Crippen LogP) is 3.45. The summed E-state index contributed by atoms with van der Waals surface area (Å²) in [5, 5.41) is 3.69. The fourth-order valence-corrected chi connectivity index (χ4v) is 4.01. The summed E-state index contributed by atoms with van der Waals surface area (Å²) in [7, 11) is 0. The molecule has 0 aromatic heterocycles. The first-order chi connectivity index (χ1) is 7.04. The third-order valence-corrected chi connectivity index (χ3v) is 5.01. The van der Waals surface area contributed by atoms with Gasteiger partial charge in [-0.2, -0.15) is 0 Å². The fraction of sp³-hybridized carbons (Fsp3) is 1.00. The van der Waals surface area contributed by atoms with Crippen LogP contribution in [0.1, 0.15) is 53.4 Å². The van der Waals surface area contributed by atoms with Crippen molar-refractivity contribution in [3.8, 4) is 0 Å². The zero-order chi connectivity index (χ0) is 11.1. The molecule has 88 valence electrons. The molecular formula is C14H27N. The lowest BCUT2D eigenvalue weighted by atomic mass is 9.66. The van der Waals surface area contributed by atoms with E-state index in [1.54, 1.807) is 0 Å². The molecule has 2 aliphatic carbocycles. The molecule has 2 rings (SSSR count). The average molecular weight is 209 g/mol. The zero-order valence-corrected chi connectivity index (χ0v) is 10.8. The summed E-state index contributed by atoms with van der Waals surface area (Å²) in [6.07, 6.45) is 6.04. The van der Waals surface area contributed by atoms with Gasteiger partial charge in [0.2, 0.25) is 0 Å². The van der Waals surface area contributed by atoms with Gasteiger partial charge in [-0.15, -0.1) is 0 Å². The van der Waals surface area contributed by atoms with E-state index in [2.05, 4.69) is 33.0 Å². The molecule has 0 spiro atoms. The second-order valence-electron chi connectivity index (χ2n) is 6.50. The second kappa shape index (κ2) is 4.08. The summed E-state index contributed by atoms with van der Waals surface area (Å²) in [5.41, 5.74) is 0.632. The average Bonchev–Trinajstić information content (AvgIpc) is 2.74. The van der Waals surface area contributed by atoms with Gasteiger partial charge in [0.25, 0.3) is 0 Å². The third-order valence-electron chi connectivity index (χ3n) is 5.01. The molecule has 0 saturated heterocycles. The van der Waals surface area contributed by atoms with Gasteiger partial charge in [0.1, 0.15) is 0 Å². The highest BCUT2D eigenvalue weighted by molar-refractivity contribution is 5.02. The fourth-order valence-electron chi connectivity index (χ4n) is 4.01. The van der Waals surface area contributed by atoms with Gasteiger partial charge in [-0.05, 0) is 42.4 Å². The molecule has 1 nitrogen and oxygen atoms in total. The van der Waals surface area contributed by atoms with Gasteiger partial charge in [0.05, 0.1) is 0 Å². The zero-order valence-electron chi connectivity index (χ0n) is 10.8. The Morgan fingerprint density at radius 3 is 2.33 bits per heavy atom. The summed E-state index contributed by atoms with van der Waals surface area (Å²) in [6, 6.07) is 0.639. The maximum absolute atomic E-state index is 3.69. The summed E-state index contributed by atoms with van der Waals surface area (Å²) >= 11 is 0. The van der Waals surface area contributed by atoms with Crippen LogP contribution in [0.4, 0.5) is 0 Å². The Balaban J connectivity index is 2.05. The number of rotatable bonds is 4. The monoisotopic (exact) mass is 209 g/mol. The number of hydrogen-bond acceptors (Lipinski definition) is 1. The highest BCUT2D eigenvalue weighted by Gasteiger charge is 2.51. The van der Waals surface area contributed by atoms with Crippen LogP contribution in [0, 0.1) is 23.2 Å². The Hall–Kier alpha value is -0.0400. The molecule has 3 atom stereocenters. The maximum Gasteiger partial charge on any atom is 0.00154 e. The topological polar surface area (TPSA) is 12.0 Å². The van der Waals surface area contributed by atoms with Crippen molar-refractivity contribution >= 4 is 0 Å². The Morgan fingerprint density at radius 2 is 1.93 bits per heavy atom. The molecule has 0 heterocycles. The molecule has 1 heteroatoms. The quantitative estimate of drug-likeness (QED) is 0.748. The van der Waals surface area contributed by atoms with Gasteiger partial charge in [-0.3, -0.25) is 0 Å². The van der Waals surface area contributed by atoms with Crippen LogP contribution in [0.25, 0.3) is 0 Å². The van der Waals surface area contributed by atoms with E-state index in [-0.39, 0.29) is 0 Å². The van der Waals surface area contributed by atoms with E-state index in [0.717, 1.165) is 17.8 Å². The summed E-state index contributed by atoms with van der Waals surface area (Å²) in [6.45, 7) is 10.7. The molecule has 0 aromatic carbocycles. The van der Waals surface area contributed by atoms with Crippen LogP contribution in [0.5, 0.6) is 0 Å². The Kier molecular flexibility index (Phi) is 3.12. The number of nitrogens with one attached hydrogen (secondary N) is 1. The van der Waals surface area contributed by atoms with Crippen molar-refractivity contribution < 1.29 is 0 Å². The van der Waals surface area contributed by atoms with Crippen molar-refractivity contribution in [2.45, 2.75) is 59.4 Å². The van der Waals surface area contributed by atoms with Crippen LogP contribution in [0.2, 0.25) is 0 Å². The van der Waals surface area contributed by atoms with Crippen LogP contribution < -0.4 is 5.32 Å². The van der Waals surface area contributed by atoms with Crippen molar-refractivity contribution in [3.63, 3.8) is 0 Å². The van der Waals surface area contributed by atoms with E-state index < -0.39 is 0 Å². The Labute approximate surface area is 95.0 Å². The van der Waals surface area contributed by atoms with Crippen molar-refractivity contribution in [1.29, 1.82) is 0 Å². The highest BCUT2D eigenvalue weighted by Crippen LogP contribution is 2.58. The normalized spacial score (nSPS) is 39.6. The molecule has 0 amide bonds.